The lowest BCUT2D eigenvalue weighted by atomic mass is 10.2. The minimum absolute atomic E-state index is 0.0820. The Morgan fingerprint density at radius 2 is 1.90 bits per heavy atom. The highest BCUT2D eigenvalue weighted by Gasteiger charge is 2.19. The molecule has 1 N–H and O–H groups in total. The van der Waals surface area contributed by atoms with Crippen molar-refractivity contribution >= 4 is 23.5 Å². The first kappa shape index (κ1) is 14.3. The van der Waals surface area contributed by atoms with E-state index in [0.29, 0.717) is 11.8 Å². The van der Waals surface area contributed by atoms with Crippen LogP contribution in [0.2, 0.25) is 5.15 Å². The molecule has 0 aliphatic carbocycles. The maximum absolute atomic E-state index is 13.4. The molecule has 104 valence electrons. The summed E-state index contributed by atoms with van der Waals surface area (Å²) in [6, 6.07) is 2.92. The third kappa shape index (κ3) is 2.88. The lowest BCUT2D eigenvalue weighted by Gasteiger charge is -2.06. The van der Waals surface area contributed by atoms with Crippen LogP contribution in [-0.4, -0.2) is 15.9 Å². The van der Waals surface area contributed by atoms with Gasteiger partial charge in [0.05, 0.1) is 5.56 Å². The third-order valence-corrected chi connectivity index (χ3v) is 2.52. The highest BCUT2D eigenvalue weighted by molar-refractivity contribution is 6.29. The van der Waals surface area contributed by atoms with Crippen molar-refractivity contribution in [2.75, 3.05) is 5.32 Å². The van der Waals surface area contributed by atoms with Crippen LogP contribution >= 0.6 is 11.6 Å². The van der Waals surface area contributed by atoms with Crippen molar-refractivity contribution in [2.24, 2.45) is 0 Å². The molecule has 4 nitrogen and oxygen atoms in total. The molecule has 0 aliphatic rings. The summed E-state index contributed by atoms with van der Waals surface area (Å²) in [5.74, 6) is -5.86. The second kappa shape index (κ2) is 5.46. The molecule has 0 saturated heterocycles. The number of hydrogen-bond donors (Lipinski definition) is 1. The number of aryl methyl sites for hydroxylation is 1. The summed E-state index contributed by atoms with van der Waals surface area (Å²) in [6.07, 6.45) is 0. The topological polar surface area (TPSA) is 54.9 Å². The second-order valence-corrected chi connectivity index (χ2v) is 4.22. The molecule has 0 unspecified atom stereocenters. The zero-order chi connectivity index (χ0) is 14.9. The first-order chi connectivity index (χ1) is 9.38. The van der Waals surface area contributed by atoms with Crippen LogP contribution in [0.1, 0.15) is 16.1 Å². The molecule has 8 heteroatoms. The number of halogens is 4. The van der Waals surface area contributed by atoms with Gasteiger partial charge in [0, 0.05) is 5.69 Å². The van der Waals surface area contributed by atoms with Gasteiger partial charge in [0.25, 0.3) is 5.91 Å². The first-order valence-electron chi connectivity index (χ1n) is 5.34. The van der Waals surface area contributed by atoms with Crippen LogP contribution < -0.4 is 5.32 Å². The zero-order valence-corrected chi connectivity index (χ0v) is 10.8. The molecule has 20 heavy (non-hydrogen) atoms. The van der Waals surface area contributed by atoms with E-state index in [1.165, 1.54) is 6.07 Å². The van der Waals surface area contributed by atoms with E-state index in [4.69, 9.17) is 11.6 Å². The van der Waals surface area contributed by atoms with Gasteiger partial charge in [-0.15, -0.1) is 0 Å². The maximum atomic E-state index is 13.4. The lowest BCUT2D eigenvalue weighted by molar-refractivity contribution is 0.102. The molecule has 1 aromatic carbocycles. The number of hydrogen-bond acceptors (Lipinski definition) is 3. The number of rotatable bonds is 2. The van der Waals surface area contributed by atoms with Gasteiger partial charge in [0.2, 0.25) is 5.95 Å². The number of nitrogens with zero attached hydrogens (tertiary/aromatic N) is 2. The number of benzene rings is 1. The van der Waals surface area contributed by atoms with Crippen LogP contribution in [0.3, 0.4) is 0 Å². The van der Waals surface area contributed by atoms with E-state index in [9.17, 15) is 18.0 Å². The van der Waals surface area contributed by atoms with E-state index in [1.807, 2.05) is 0 Å². The van der Waals surface area contributed by atoms with Crippen LogP contribution in [0.15, 0.2) is 18.2 Å². The Morgan fingerprint density at radius 3 is 2.55 bits per heavy atom. The largest absolute Gasteiger partial charge is 0.290 e. The molecular weight excluding hydrogens is 295 g/mol. The summed E-state index contributed by atoms with van der Waals surface area (Å²) >= 11 is 5.67. The number of anilines is 1. The van der Waals surface area contributed by atoms with Crippen molar-refractivity contribution in [2.45, 2.75) is 6.92 Å². The van der Waals surface area contributed by atoms with Crippen LogP contribution in [0.5, 0.6) is 0 Å². The molecule has 0 atom stereocenters. The fourth-order valence-electron chi connectivity index (χ4n) is 1.46. The lowest BCUT2D eigenvalue weighted by Crippen LogP contribution is -2.17. The Kier molecular flexibility index (Phi) is 3.89. The van der Waals surface area contributed by atoms with Crippen LogP contribution in [0, 0.1) is 24.4 Å². The molecule has 1 heterocycles. The number of nitrogens with one attached hydrogen (secondary N) is 1. The Bertz CT molecular complexity index is 674. The number of aromatic nitrogens is 2. The Balaban J connectivity index is 2.31. The van der Waals surface area contributed by atoms with E-state index in [2.05, 4.69) is 15.3 Å². The van der Waals surface area contributed by atoms with Gasteiger partial charge in [0.1, 0.15) is 5.15 Å². The zero-order valence-electron chi connectivity index (χ0n) is 10.0. The van der Waals surface area contributed by atoms with Gasteiger partial charge in [-0.2, -0.15) is 0 Å². The van der Waals surface area contributed by atoms with Gasteiger partial charge < -0.3 is 0 Å². The minimum atomic E-state index is -1.72. The predicted octanol–water partition coefficient (Wildman–Crippen LogP) is 3.11. The molecule has 1 amide bonds. The van der Waals surface area contributed by atoms with Crippen LogP contribution in [-0.2, 0) is 0 Å². The van der Waals surface area contributed by atoms with Crippen molar-refractivity contribution in [3.63, 3.8) is 0 Å². The molecule has 0 spiro atoms. The number of carbonyl (C=O) groups is 1. The van der Waals surface area contributed by atoms with Crippen molar-refractivity contribution < 1.29 is 18.0 Å². The molecule has 0 bridgehead atoms. The Labute approximate surface area is 116 Å². The number of carbonyl (C=O) groups excluding carboxylic acids is 1. The summed E-state index contributed by atoms with van der Waals surface area (Å²) in [7, 11) is 0. The van der Waals surface area contributed by atoms with Gasteiger partial charge >= 0.3 is 0 Å². The van der Waals surface area contributed by atoms with Crippen molar-refractivity contribution in [1.82, 2.24) is 9.97 Å². The predicted molar refractivity (Wildman–Crippen MR) is 66.0 cm³/mol. The highest BCUT2D eigenvalue weighted by Crippen LogP contribution is 2.17. The monoisotopic (exact) mass is 301 g/mol. The molecule has 0 radical (unpaired) electrons. The van der Waals surface area contributed by atoms with Gasteiger partial charge in [-0.1, -0.05) is 11.6 Å². The normalized spacial score (nSPS) is 10.4. The van der Waals surface area contributed by atoms with Crippen LogP contribution in [0.25, 0.3) is 0 Å². The van der Waals surface area contributed by atoms with E-state index >= 15 is 0 Å². The SMILES string of the molecule is Cc1cc(Cl)nc(NC(=O)c2ccc(F)c(F)c2F)n1. The highest BCUT2D eigenvalue weighted by atomic mass is 35.5. The Hall–Kier alpha value is -2.15. The van der Waals surface area contributed by atoms with Gasteiger partial charge in [-0.05, 0) is 25.1 Å². The van der Waals surface area contributed by atoms with E-state index in [-0.39, 0.29) is 11.1 Å². The van der Waals surface area contributed by atoms with Crippen molar-refractivity contribution in [3.8, 4) is 0 Å². The molecular formula is C12H7ClF3N3O. The summed E-state index contributed by atoms with van der Waals surface area (Å²) in [4.78, 5) is 19.3. The fraction of sp³-hybridized carbons (Fsp3) is 0.0833. The molecule has 2 aromatic rings. The first-order valence-corrected chi connectivity index (χ1v) is 5.72. The maximum Gasteiger partial charge on any atom is 0.261 e. The minimum Gasteiger partial charge on any atom is -0.290 e. The molecule has 0 fully saturated rings. The molecule has 2 rings (SSSR count). The van der Waals surface area contributed by atoms with Crippen molar-refractivity contribution in [3.05, 3.63) is 52.1 Å². The summed E-state index contributed by atoms with van der Waals surface area (Å²) in [6.45, 7) is 1.61. The van der Waals surface area contributed by atoms with Gasteiger partial charge in [-0.3, -0.25) is 10.1 Å². The smallest absolute Gasteiger partial charge is 0.261 e. The van der Waals surface area contributed by atoms with Crippen molar-refractivity contribution in [1.29, 1.82) is 0 Å². The van der Waals surface area contributed by atoms with Crippen LogP contribution in [0.4, 0.5) is 19.1 Å². The quantitative estimate of drug-likeness (QED) is 0.685. The van der Waals surface area contributed by atoms with E-state index in [0.717, 1.165) is 6.07 Å². The molecule has 0 aliphatic heterocycles. The second-order valence-electron chi connectivity index (χ2n) is 3.83. The summed E-state index contributed by atoms with van der Waals surface area (Å²) in [5, 5.41) is 2.23. The van der Waals surface area contributed by atoms with Gasteiger partial charge in [0.15, 0.2) is 17.5 Å². The molecule has 1 aromatic heterocycles. The Morgan fingerprint density at radius 1 is 1.20 bits per heavy atom. The average molecular weight is 302 g/mol. The van der Waals surface area contributed by atoms with Gasteiger partial charge in [-0.25, -0.2) is 23.1 Å². The summed E-state index contributed by atoms with van der Waals surface area (Å²) in [5.41, 5.74) is -0.184. The standard InChI is InChI=1S/C12H7ClF3N3O/c1-5-4-8(13)18-12(17-5)19-11(20)6-2-3-7(14)10(16)9(6)15/h2-4H,1H3,(H,17,18,19,20). The average Bonchev–Trinajstić information content (AvgIpc) is 2.34. The van der Waals surface area contributed by atoms with E-state index in [1.54, 1.807) is 6.92 Å². The third-order valence-electron chi connectivity index (χ3n) is 2.33. The number of amides is 1. The fourth-order valence-corrected chi connectivity index (χ4v) is 1.69. The molecule has 0 saturated carbocycles. The van der Waals surface area contributed by atoms with E-state index < -0.39 is 28.9 Å². The summed E-state index contributed by atoms with van der Waals surface area (Å²) < 4.78 is 39.2.